The molecular weight excluding hydrogens is 358 g/mol. The number of anilines is 1. The Morgan fingerprint density at radius 1 is 1.32 bits per heavy atom. The van der Waals surface area contributed by atoms with Gasteiger partial charge in [-0.25, -0.2) is 4.98 Å². The van der Waals surface area contributed by atoms with E-state index in [1.165, 1.54) is 17.6 Å². The zero-order chi connectivity index (χ0) is 17.8. The van der Waals surface area contributed by atoms with Gasteiger partial charge in [-0.1, -0.05) is 17.4 Å². The standard InChI is InChI=1S/C17H21N3O3S2/c1-19(2)7-8-20(16(21)12-11-22-9-10-23-12)17-18-15-13(24-3)5-4-6-14(15)25-17/h4-6,11H,7-10H2,1-3H3. The number of carbonyl (C=O) groups is 1. The maximum atomic E-state index is 12.9. The van der Waals surface area contributed by atoms with Gasteiger partial charge in [-0.2, -0.15) is 0 Å². The van der Waals surface area contributed by atoms with Gasteiger partial charge in [0.25, 0.3) is 5.91 Å². The van der Waals surface area contributed by atoms with Crippen molar-refractivity contribution in [1.82, 2.24) is 9.88 Å². The van der Waals surface area contributed by atoms with Crippen LogP contribution in [0.5, 0.6) is 0 Å². The average molecular weight is 380 g/mol. The predicted molar refractivity (Wildman–Crippen MR) is 102 cm³/mol. The first-order valence-electron chi connectivity index (χ1n) is 7.95. The molecule has 1 aliphatic rings. The SMILES string of the molecule is CSc1cccc2sc(N(CCN(C)C)C(=O)C3=COCCO3)nc12. The molecule has 134 valence electrons. The Balaban J connectivity index is 1.96. The van der Waals surface area contributed by atoms with Crippen molar-refractivity contribution in [2.24, 2.45) is 0 Å². The zero-order valence-electron chi connectivity index (χ0n) is 14.5. The van der Waals surface area contributed by atoms with Crippen molar-refractivity contribution in [2.75, 3.05) is 51.6 Å². The Hall–Kier alpha value is -1.77. The first kappa shape index (κ1) is 18.0. The van der Waals surface area contributed by atoms with E-state index in [2.05, 4.69) is 0 Å². The fourth-order valence-corrected chi connectivity index (χ4v) is 4.03. The van der Waals surface area contributed by atoms with Gasteiger partial charge in [-0.15, -0.1) is 11.8 Å². The molecule has 3 rings (SSSR count). The molecule has 6 nitrogen and oxygen atoms in total. The molecule has 0 spiro atoms. The van der Waals surface area contributed by atoms with Crippen LogP contribution in [0.2, 0.25) is 0 Å². The Labute approximate surface area is 155 Å². The van der Waals surface area contributed by atoms with Crippen molar-refractivity contribution < 1.29 is 14.3 Å². The molecule has 0 radical (unpaired) electrons. The lowest BCUT2D eigenvalue weighted by Gasteiger charge is -2.24. The Morgan fingerprint density at radius 2 is 2.16 bits per heavy atom. The lowest BCUT2D eigenvalue weighted by atomic mass is 10.3. The molecule has 0 saturated carbocycles. The molecule has 2 aromatic rings. The highest BCUT2D eigenvalue weighted by Crippen LogP contribution is 2.34. The van der Waals surface area contributed by atoms with Crippen LogP contribution in [0.4, 0.5) is 5.13 Å². The highest BCUT2D eigenvalue weighted by Gasteiger charge is 2.26. The van der Waals surface area contributed by atoms with Gasteiger partial charge in [0, 0.05) is 18.0 Å². The molecule has 0 saturated heterocycles. The van der Waals surface area contributed by atoms with Crippen LogP contribution in [0.25, 0.3) is 10.2 Å². The number of benzene rings is 1. The lowest BCUT2D eigenvalue weighted by molar-refractivity contribution is -0.119. The number of carbonyl (C=O) groups excluding carboxylic acids is 1. The molecule has 2 heterocycles. The van der Waals surface area contributed by atoms with Crippen LogP contribution < -0.4 is 4.90 Å². The molecule has 0 N–H and O–H groups in total. The Bertz CT molecular complexity index is 789. The van der Waals surface area contributed by atoms with E-state index in [1.807, 2.05) is 43.5 Å². The fourth-order valence-electron chi connectivity index (χ4n) is 2.39. The number of para-hydroxylation sites is 1. The normalized spacial score (nSPS) is 14.2. The minimum Gasteiger partial charge on any atom is -0.494 e. The molecule has 1 aromatic carbocycles. The number of nitrogens with zero attached hydrogens (tertiary/aromatic N) is 3. The number of likely N-dealkylation sites (N-methyl/N-ethyl adjacent to an activating group) is 1. The van der Waals surface area contributed by atoms with Crippen LogP contribution in [0.1, 0.15) is 0 Å². The van der Waals surface area contributed by atoms with E-state index in [-0.39, 0.29) is 11.7 Å². The number of amides is 1. The molecule has 8 heteroatoms. The van der Waals surface area contributed by atoms with E-state index in [0.717, 1.165) is 21.7 Å². The van der Waals surface area contributed by atoms with Crippen molar-refractivity contribution in [3.8, 4) is 0 Å². The van der Waals surface area contributed by atoms with Crippen molar-refractivity contribution in [3.05, 3.63) is 30.2 Å². The second-order valence-corrected chi connectivity index (χ2v) is 7.62. The molecule has 0 atom stereocenters. The smallest absolute Gasteiger partial charge is 0.298 e. The Morgan fingerprint density at radius 3 is 2.84 bits per heavy atom. The van der Waals surface area contributed by atoms with E-state index in [4.69, 9.17) is 14.5 Å². The van der Waals surface area contributed by atoms with Gasteiger partial charge in [0.15, 0.2) is 5.13 Å². The summed E-state index contributed by atoms with van der Waals surface area (Å²) in [5.74, 6) is 0.0145. The van der Waals surface area contributed by atoms with Gasteiger partial charge in [-0.3, -0.25) is 9.69 Å². The Kier molecular flexibility index (Phi) is 5.82. The number of thioether (sulfide) groups is 1. The van der Waals surface area contributed by atoms with Crippen molar-refractivity contribution in [3.63, 3.8) is 0 Å². The fraction of sp³-hybridized carbons (Fsp3) is 0.412. The van der Waals surface area contributed by atoms with Crippen LogP contribution in [0.3, 0.4) is 0 Å². The van der Waals surface area contributed by atoms with Gasteiger partial charge in [0.1, 0.15) is 19.5 Å². The van der Waals surface area contributed by atoms with Gasteiger partial charge in [0.05, 0.1) is 10.2 Å². The van der Waals surface area contributed by atoms with Gasteiger partial charge < -0.3 is 14.4 Å². The third-order valence-corrected chi connectivity index (χ3v) is 5.51. The number of hydrogen-bond donors (Lipinski definition) is 0. The largest absolute Gasteiger partial charge is 0.494 e. The molecule has 1 aliphatic heterocycles. The minimum absolute atomic E-state index is 0.216. The molecule has 25 heavy (non-hydrogen) atoms. The van der Waals surface area contributed by atoms with Crippen LogP contribution in [0.15, 0.2) is 35.1 Å². The molecular formula is C17H21N3O3S2. The van der Waals surface area contributed by atoms with Crippen molar-refractivity contribution in [1.29, 1.82) is 0 Å². The number of ether oxygens (including phenoxy) is 2. The second kappa shape index (κ2) is 8.07. The number of thiazole rings is 1. The summed E-state index contributed by atoms with van der Waals surface area (Å²) in [5.41, 5.74) is 0.937. The third-order valence-electron chi connectivity index (χ3n) is 3.70. The summed E-state index contributed by atoms with van der Waals surface area (Å²) in [5, 5.41) is 0.679. The quantitative estimate of drug-likeness (QED) is 0.720. The van der Waals surface area contributed by atoms with Crippen molar-refractivity contribution in [2.45, 2.75) is 4.90 Å². The van der Waals surface area contributed by atoms with Crippen LogP contribution in [0, 0.1) is 0 Å². The van der Waals surface area contributed by atoms with Crippen LogP contribution in [-0.4, -0.2) is 62.4 Å². The molecule has 1 aromatic heterocycles. The summed E-state index contributed by atoms with van der Waals surface area (Å²) >= 11 is 3.17. The number of aromatic nitrogens is 1. The molecule has 0 unspecified atom stereocenters. The number of rotatable bonds is 6. The predicted octanol–water partition coefficient (Wildman–Crippen LogP) is 2.80. The highest BCUT2D eigenvalue weighted by atomic mass is 32.2. The topological polar surface area (TPSA) is 54.9 Å². The monoisotopic (exact) mass is 379 g/mol. The summed E-state index contributed by atoms with van der Waals surface area (Å²) in [6.07, 6.45) is 3.43. The van der Waals surface area contributed by atoms with Gasteiger partial charge in [0.2, 0.25) is 5.76 Å². The molecule has 0 bridgehead atoms. The van der Waals surface area contributed by atoms with E-state index in [0.29, 0.717) is 24.9 Å². The van der Waals surface area contributed by atoms with Gasteiger partial charge in [-0.05, 0) is 32.5 Å². The van der Waals surface area contributed by atoms with E-state index < -0.39 is 0 Å². The van der Waals surface area contributed by atoms with Crippen LogP contribution >= 0.6 is 23.1 Å². The summed E-state index contributed by atoms with van der Waals surface area (Å²) in [7, 11) is 3.96. The first-order valence-corrected chi connectivity index (χ1v) is 9.99. The summed E-state index contributed by atoms with van der Waals surface area (Å²) in [4.78, 5) is 22.5. The van der Waals surface area contributed by atoms with Crippen molar-refractivity contribution >= 4 is 44.4 Å². The molecule has 1 amide bonds. The average Bonchev–Trinajstić information content (AvgIpc) is 3.06. The molecule has 0 fully saturated rings. The lowest BCUT2D eigenvalue weighted by Crippen LogP contribution is -2.38. The zero-order valence-corrected chi connectivity index (χ0v) is 16.2. The minimum atomic E-state index is -0.216. The first-order chi connectivity index (χ1) is 12.1. The third kappa shape index (κ3) is 4.08. The highest BCUT2D eigenvalue weighted by molar-refractivity contribution is 7.98. The summed E-state index contributed by atoms with van der Waals surface area (Å²) in [6.45, 7) is 2.11. The van der Waals surface area contributed by atoms with Crippen LogP contribution in [-0.2, 0) is 14.3 Å². The summed E-state index contributed by atoms with van der Waals surface area (Å²) in [6, 6.07) is 6.09. The van der Waals surface area contributed by atoms with E-state index in [1.54, 1.807) is 16.7 Å². The van der Waals surface area contributed by atoms with E-state index >= 15 is 0 Å². The maximum Gasteiger partial charge on any atom is 0.298 e. The molecule has 0 aliphatic carbocycles. The second-order valence-electron chi connectivity index (χ2n) is 5.76. The number of fused-ring (bicyclic) bond motifs is 1. The summed E-state index contributed by atoms with van der Waals surface area (Å²) < 4.78 is 11.8. The maximum absolute atomic E-state index is 12.9. The van der Waals surface area contributed by atoms with Gasteiger partial charge >= 0.3 is 0 Å². The number of hydrogen-bond acceptors (Lipinski definition) is 7. The van der Waals surface area contributed by atoms with E-state index in [9.17, 15) is 4.79 Å².